The van der Waals surface area contributed by atoms with Gasteiger partial charge in [-0.25, -0.2) is 0 Å². The quantitative estimate of drug-likeness (QED) is 0.676. The maximum Gasteiger partial charge on any atom is 0.416 e. The van der Waals surface area contributed by atoms with Gasteiger partial charge in [0, 0.05) is 55.6 Å². The van der Waals surface area contributed by atoms with E-state index in [1.165, 1.54) is 12.1 Å². The van der Waals surface area contributed by atoms with E-state index in [0.717, 1.165) is 24.4 Å². The van der Waals surface area contributed by atoms with Gasteiger partial charge in [-0.2, -0.15) is 13.2 Å². The van der Waals surface area contributed by atoms with Crippen LogP contribution in [0.2, 0.25) is 0 Å². The van der Waals surface area contributed by atoms with E-state index < -0.39 is 11.7 Å². The summed E-state index contributed by atoms with van der Waals surface area (Å²) in [5, 5.41) is 0. The maximum atomic E-state index is 12.9. The van der Waals surface area contributed by atoms with Gasteiger partial charge in [0.2, 0.25) is 0 Å². The lowest BCUT2D eigenvalue weighted by Crippen LogP contribution is -2.50. The molecule has 1 aliphatic rings. The summed E-state index contributed by atoms with van der Waals surface area (Å²) >= 11 is 0. The van der Waals surface area contributed by atoms with Crippen LogP contribution >= 0.6 is 0 Å². The van der Waals surface area contributed by atoms with Gasteiger partial charge in [-0.15, -0.1) is 0 Å². The van der Waals surface area contributed by atoms with Crippen molar-refractivity contribution in [2.24, 2.45) is 0 Å². The Morgan fingerprint density at radius 1 is 0.844 bits per heavy atom. The van der Waals surface area contributed by atoms with Crippen LogP contribution in [0.25, 0.3) is 0 Å². The summed E-state index contributed by atoms with van der Waals surface area (Å²) in [4.78, 5) is 31.0. The molecule has 0 saturated carbocycles. The standard InChI is InChI=1S/C24H28F3N3O2/c1-4-30(17(2)3)21-11-7-19(8-12-21)23(32)29-15-13-28(14-16-29)22(31)18-5-9-20(10-6-18)24(25,26)27/h5-12,17H,4,13-16H2,1-3H3. The third kappa shape index (κ3) is 5.23. The molecule has 172 valence electrons. The molecule has 0 radical (unpaired) electrons. The number of hydrogen-bond acceptors (Lipinski definition) is 3. The second kappa shape index (κ2) is 9.63. The smallest absolute Gasteiger partial charge is 0.369 e. The molecule has 1 aliphatic heterocycles. The number of anilines is 1. The molecule has 1 saturated heterocycles. The molecule has 1 fully saturated rings. The fourth-order valence-corrected chi connectivity index (χ4v) is 3.92. The summed E-state index contributed by atoms with van der Waals surface area (Å²) in [5.74, 6) is -0.422. The number of benzene rings is 2. The highest BCUT2D eigenvalue weighted by atomic mass is 19.4. The molecule has 2 aromatic carbocycles. The van der Waals surface area contributed by atoms with Gasteiger partial charge in [-0.05, 0) is 69.3 Å². The molecule has 2 aromatic rings. The summed E-state index contributed by atoms with van der Waals surface area (Å²) < 4.78 is 38.1. The largest absolute Gasteiger partial charge is 0.416 e. The maximum absolute atomic E-state index is 12.9. The number of nitrogens with zero attached hydrogens (tertiary/aromatic N) is 3. The molecule has 0 aliphatic carbocycles. The van der Waals surface area contributed by atoms with E-state index in [-0.39, 0.29) is 17.4 Å². The Balaban J connectivity index is 1.59. The first-order valence-electron chi connectivity index (χ1n) is 10.7. The molecule has 8 heteroatoms. The van der Waals surface area contributed by atoms with Crippen LogP contribution in [0.1, 0.15) is 47.1 Å². The molecular formula is C24H28F3N3O2. The molecule has 0 N–H and O–H groups in total. The fourth-order valence-electron chi connectivity index (χ4n) is 3.92. The molecule has 5 nitrogen and oxygen atoms in total. The molecule has 0 atom stereocenters. The minimum absolute atomic E-state index is 0.0919. The molecule has 0 spiro atoms. The second-order valence-electron chi connectivity index (χ2n) is 8.09. The van der Waals surface area contributed by atoms with E-state index in [1.54, 1.807) is 9.80 Å². The summed E-state index contributed by atoms with van der Waals surface area (Å²) in [6.07, 6.45) is -4.44. The lowest BCUT2D eigenvalue weighted by atomic mass is 10.1. The minimum atomic E-state index is -4.44. The Morgan fingerprint density at radius 2 is 1.25 bits per heavy atom. The highest BCUT2D eigenvalue weighted by molar-refractivity contribution is 5.96. The van der Waals surface area contributed by atoms with Gasteiger partial charge in [0.05, 0.1) is 5.56 Å². The number of piperazine rings is 1. The van der Waals surface area contributed by atoms with Crippen molar-refractivity contribution in [1.29, 1.82) is 0 Å². The minimum Gasteiger partial charge on any atom is -0.369 e. The first-order valence-corrected chi connectivity index (χ1v) is 10.7. The Morgan fingerprint density at radius 3 is 1.59 bits per heavy atom. The van der Waals surface area contributed by atoms with Crippen LogP contribution in [0.4, 0.5) is 18.9 Å². The van der Waals surface area contributed by atoms with E-state index in [2.05, 4.69) is 25.7 Å². The average Bonchev–Trinajstić information content (AvgIpc) is 2.78. The molecule has 2 amide bonds. The number of amides is 2. The van der Waals surface area contributed by atoms with E-state index in [4.69, 9.17) is 0 Å². The van der Waals surface area contributed by atoms with Gasteiger partial charge in [0.25, 0.3) is 11.8 Å². The van der Waals surface area contributed by atoms with Crippen LogP contribution in [0.5, 0.6) is 0 Å². The summed E-state index contributed by atoms with van der Waals surface area (Å²) in [6, 6.07) is 12.1. The summed E-state index contributed by atoms with van der Waals surface area (Å²) in [7, 11) is 0. The van der Waals surface area contributed by atoms with Crippen molar-refractivity contribution in [3.8, 4) is 0 Å². The van der Waals surface area contributed by atoms with E-state index in [0.29, 0.717) is 37.8 Å². The number of carbonyl (C=O) groups excluding carboxylic acids is 2. The molecule has 0 bridgehead atoms. The van der Waals surface area contributed by atoms with Gasteiger partial charge in [0.15, 0.2) is 0 Å². The monoisotopic (exact) mass is 447 g/mol. The Bertz CT molecular complexity index is 932. The molecule has 1 heterocycles. The summed E-state index contributed by atoms with van der Waals surface area (Å²) in [6.45, 7) is 8.62. The van der Waals surface area contributed by atoms with Crippen LogP contribution < -0.4 is 4.90 Å². The topological polar surface area (TPSA) is 43.9 Å². The molecule has 0 unspecified atom stereocenters. The van der Waals surface area contributed by atoms with E-state index in [9.17, 15) is 22.8 Å². The lowest BCUT2D eigenvalue weighted by Gasteiger charge is -2.35. The zero-order chi connectivity index (χ0) is 23.5. The van der Waals surface area contributed by atoms with Crippen LogP contribution in [-0.4, -0.2) is 60.4 Å². The fraction of sp³-hybridized carbons (Fsp3) is 0.417. The van der Waals surface area contributed by atoms with Crippen molar-refractivity contribution in [2.75, 3.05) is 37.6 Å². The summed E-state index contributed by atoms with van der Waals surface area (Å²) in [5.41, 5.74) is 1.08. The van der Waals surface area contributed by atoms with Crippen molar-refractivity contribution in [3.63, 3.8) is 0 Å². The normalized spacial score (nSPS) is 14.6. The molecule has 3 rings (SSSR count). The van der Waals surface area contributed by atoms with Gasteiger partial charge in [-0.1, -0.05) is 0 Å². The predicted octanol–water partition coefficient (Wildman–Crippen LogP) is 4.54. The second-order valence-corrected chi connectivity index (χ2v) is 8.09. The lowest BCUT2D eigenvalue weighted by molar-refractivity contribution is -0.137. The van der Waals surface area contributed by atoms with Crippen molar-refractivity contribution in [3.05, 3.63) is 65.2 Å². The number of alkyl halides is 3. The third-order valence-corrected chi connectivity index (χ3v) is 5.72. The van der Waals surface area contributed by atoms with Crippen molar-refractivity contribution in [2.45, 2.75) is 33.0 Å². The third-order valence-electron chi connectivity index (χ3n) is 5.72. The molecule has 32 heavy (non-hydrogen) atoms. The van der Waals surface area contributed by atoms with Gasteiger partial charge >= 0.3 is 6.18 Å². The number of hydrogen-bond donors (Lipinski definition) is 0. The predicted molar refractivity (Wildman–Crippen MR) is 118 cm³/mol. The van der Waals surface area contributed by atoms with Crippen molar-refractivity contribution < 1.29 is 22.8 Å². The van der Waals surface area contributed by atoms with Crippen molar-refractivity contribution in [1.82, 2.24) is 9.80 Å². The first-order chi connectivity index (χ1) is 15.1. The van der Waals surface area contributed by atoms with Crippen molar-refractivity contribution >= 4 is 17.5 Å². The van der Waals surface area contributed by atoms with Gasteiger partial charge < -0.3 is 14.7 Å². The van der Waals surface area contributed by atoms with Crippen LogP contribution in [-0.2, 0) is 6.18 Å². The average molecular weight is 448 g/mol. The zero-order valence-electron chi connectivity index (χ0n) is 18.5. The van der Waals surface area contributed by atoms with Crippen LogP contribution in [0.3, 0.4) is 0 Å². The number of rotatable bonds is 5. The highest BCUT2D eigenvalue weighted by Crippen LogP contribution is 2.29. The molecule has 0 aromatic heterocycles. The van der Waals surface area contributed by atoms with Crippen LogP contribution in [0.15, 0.2) is 48.5 Å². The van der Waals surface area contributed by atoms with E-state index in [1.807, 2.05) is 24.3 Å². The Kier molecular flexibility index (Phi) is 7.11. The Hall–Kier alpha value is -3.03. The van der Waals surface area contributed by atoms with Gasteiger partial charge in [0.1, 0.15) is 0 Å². The van der Waals surface area contributed by atoms with E-state index >= 15 is 0 Å². The highest BCUT2D eigenvalue weighted by Gasteiger charge is 2.31. The first kappa shape index (κ1) is 23.6. The number of halogens is 3. The zero-order valence-corrected chi connectivity index (χ0v) is 18.5. The SMILES string of the molecule is CCN(c1ccc(C(=O)N2CCN(C(=O)c3ccc(C(F)(F)F)cc3)CC2)cc1)C(C)C. The number of carbonyl (C=O) groups is 2. The van der Waals surface area contributed by atoms with Gasteiger partial charge in [-0.3, -0.25) is 9.59 Å². The van der Waals surface area contributed by atoms with Crippen LogP contribution in [0, 0.1) is 0 Å². The molecular weight excluding hydrogens is 419 g/mol. The Labute approximate surface area is 186 Å².